The van der Waals surface area contributed by atoms with Gasteiger partial charge >= 0.3 is 0 Å². The van der Waals surface area contributed by atoms with E-state index in [0.717, 1.165) is 5.92 Å². The van der Waals surface area contributed by atoms with E-state index in [2.05, 4.69) is 6.92 Å². The zero-order chi connectivity index (χ0) is 8.69. The fourth-order valence-corrected chi connectivity index (χ4v) is 1.73. The topological polar surface area (TPSA) is 20.2 Å². The van der Waals surface area contributed by atoms with E-state index >= 15 is 0 Å². The molecule has 0 unspecified atom stereocenters. The van der Waals surface area contributed by atoms with Crippen molar-refractivity contribution in [3.05, 3.63) is 0 Å². The summed E-state index contributed by atoms with van der Waals surface area (Å²) >= 11 is 0. The van der Waals surface area contributed by atoms with Gasteiger partial charge in [0.2, 0.25) is 0 Å². The largest absolute Gasteiger partial charge is 0.396 e. The van der Waals surface area contributed by atoms with Crippen molar-refractivity contribution in [2.45, 2.75) is 46.5 Å². The molecule has 0 heterocycles. The van der Waals surface area contributed by atoms with Gasteiger partial charge in [-0.1, -0.05) is 33.6 Å². The van der Waals surface area contributed by atoms with Crippen molar-refractivity contribution in [2.24, 2.45) is 11.8 Å². The SMILES string of the molecule is CC.C[C@@H]1CCC[C@H](CO)C1. The first-order valence-corrected chi connectivity index (χ1v) is 4.93. The lowest BCUT2D eigenvalue weighted by molar-refractivity contribution is 0.166. The molecule has 1 aliphatic carbocycles. The second-order valence-electron chi connectivity index (χ2n) is 3.32. The Balaban J connectivity index is 0.000000461. The maximum absolute atomic E-state index is 8.81. The zero-order valence-corrected chi connectivity index (χ0v) is 8.14. The molecule has 1 fully saturated rings. The van der Waals surface area contributed by atoms with Crippen LogP contribution in [0.15, 0.2) is 0 Å². The Morgan fingerprint density at radius 3 is 2.27 bits per heavy atom. The second-order valence-corrected chi connectivity index (χ2v) is 3.32. The highest BCUT2D eigenvalue weighted by atomic mass is 16.3. The maximum atomic E-state index is 8.81. The van der Waals surface area contributed by atoms with Gasteiger partial charge in [-0.2, -0.15) is 0 Å². The van der Waals surface area contributed by atoms with E-state index in [4.69, 9.17) is 5.11 Å². The molecule has 1 saturated carbocycles. The van der Waals surface area contributed by atoms with Crippen molar-refractivity contribution in [1.82, 2.24) is 0 Å². The Labute approximate surface area is 70.8 Å². The molecule has 1 heteroatoms. The first-order chi connectivity index (χ1) is 5.33. The van der Waals surface area contributed by atoms with Crippen LogP contribution < -0.4 is 0 Å². The second kappa shape index (κ2) is 6.66. The molecule has 0 spiro atoms. The van der Waals surface area contributed by atoms with Gasteiger partial charge in [-0.15, -0.1) is 0 Å². The first-order valence-electron chi connectivity index (χ1n) is 4.93. The minimum Gasteiger partial charge on any atom is -0.396 e. The molecule has 0 saturated heterocycles. The molecule has 0 aromatic heterocycles. The predicted octanol–water partition coefficient (Wildman–Crippen LogP) is 2.83. The van der Waals surface area contributed by atoms with Gasteiger partial charge in [0.05, 0.1) is 0 Å². The van der Waals surface area contributed by atoms with Crippen LogP contribution in [0.3, 0.4) is 0 Å². The lowest BCUT2D eigenvalue weighted by atomic mass is 9.83. The molecule has 11 heavy (non-hydrogen) atoms. The molecule has 0 bridgehead atoms. The molecule has 0 aliphatic heterocycles. The van der Waals surface area contributed by atoms with Crippen LogP contribution in [0.5, 0.6) is 0 Å². The molecule has 0 amide bonds. The van der Waals surface area contributed by atoms with E-state index in [1.807, 2.05) is 13.8 Å². The summed E-state index contributed by atoms with van der Waals surface area (Å²) in [5.41, 5.74) is 0. The van der Waals surface area contributed by atoms with Crippen LogP contribution in [0.1, 0.15) is 46.5 Å². The summed E-state index contributed by atoms with van der Waals surface area (Å²) in [6.07, 6.45) is 5.19. The molecular formula is C10H22O. The third-order valence-electron chi connectivity index (χ3n) is 2.30. The molecule has 1 rings (SSSR count). The summed E-state index contributed by atoms with van der Waals surface area (Å²) in [5, 5.41) is 8.81. The molecule has 0 radical (unpaired) electrons. The third-order valence-corrected chi connectivity index (χ3v) is 2.30. The molecule has 0 aromatic rings. The quantitative estimate of drug-likeness (QED) is 0.622. The fourth-order valence-electron chi connectivity index (χ4n) is 1.73. The number of aliphatic hydroxyl groups is 1. The third kappa shape index (κ3) is 4.41. The van der Waals surface area contributed by atoms with Crippen molar-refractivity contribution in [3.63, 3.8) is 0 Å². The van der Waals surface area contributed by atoms with Crippen LogP contribution in [0.2, 0.25) is 0 Å². The molecule has 1 nitrogen and oxygen atoms in total. The van der Waals surface area contributed by atoms with Crippen molar-refractivity contribution >= 4 is 0 Å². The highest BCUT2D eigenvalue weighted by Crippen LogP contribution is 2.27. The van der Waals surface area contributed by atoms with Crippen molar-refractivity contribution in [3.8, 4) is 0 Å². The van der Waals surface area contributed by atoms with Crippen molar-refractivity contribution in [2.75, 3.05) is 6.61 Å². The number of aliphatic hydroxyl groups excluding tert-OH is 1. The van der Waals surface area contributed by atoms with E-state index in [1.54, 1.807) is 0 Å². The normalized spacial score (nSPS) is 30.5. The standard InChI is InChI=1S/C8H16O.C2H6/c1-7-3-2-4-8(5-7)6-9;1-2/h7-9H,2-6H2,1H3;1-2H3/t7-,8+;/m1./s1. The summed E-state index contributed by atoms with van der Waals surface area (Å²) in [4.78, 5) is 0. The minimum absolute atomic E-state index is 0.407. The van der Waals surface area contributed by atoms with Crippen LogP contribution in [0.25, 0.3) is 0 Å². The van der Waals surface area contributed by atoms with E-state index in [1.165, 1.54) is 25.7 Å². The molecule has 2 atom stereocenters. The van der Waals surface area contributed by atoms with E-state index in [9.17, 15) is 0 Å². The minimum atomic E-state index is 0.407. The Morgan fingerprint density at radius 1 is 1.27 bits per heavy atom. The van der Waals surface area contributed by atoms with Crippen molar-refractivity contribution < 1.29 is 5.11 Å². The number of hydrogen-bond acceptors (Lipinski definition) is 1. The van der Waals surface area contributed by atoms with E-state index in [-0.39, 0.29) is 0 Å². The maximum Gasteiger partial charge on any atom is 0.0459 e. The fraction of sp³-hybridized carbons (Fsp3) is 1.00. The first kappa shape index (κ1) is 11.0. The van der Waals surface area contributed by atoms with Crippen LogP contribution in [-0.2, 0) is 0 Å². The predicted molar refractivity (Wildman–Crippen MR) is 49.6 cm³/mol. The van der Waals surface area contributed by atoms with E-state index in [0.29, 0.717) is 12.5 Å². The Kier molecular flexibility index (Phi) is 6.63. The average molecular weight is 158 g/mol. The highest BCUT2D eigenvalue weighted by molar-refractivity contribution is 4.68. The van der Waals surface area contributed by atoms with Crippen LogP contribution in [0.4, 0.5) is 0 Å². The number of hydrogen-bond donors (Lipinski definition) is 1. The lowest BCUT2D eigenvalue weighted by Crippen LogP contribution is -2.15. The van der Waals surface area contributed by atoms with E-state index < -0.39 is 0 Å². The van der Waals surface area contributed by atoms with Gasteiger partial charge in [-0.05, 0) is 24.7 Å². The van der Waals surface area contributed by atoms with Crippen molar-refractivity contribution in [1.29, 1.82) is 0 Å². The summed E-state index contributed by atoms with van der Waals surface area (Å²) in [5.74, 6) is 1.48. The summed E-state index contributed by atoms with van der Waals surface area (Å²) < 4.78 is 0. The number of rotatable bonds is 1. The average Bonchev–Trinajstić information content (AvgIpc) is 2.08. The Morgan fingerprint density at radius 2 is 1.91 bits per heavy atom. The van der Waals surface area contributed by atoms with Gasteiger partial charge in [0, 0.05) is 6.61 Å². The van der Waals surface area contributed by atoms with Crippen LogP contribution >= 0.6 is 0 Å². The zero-order valence-electron chi connectivity index (χ0n) is 8.14. The molecule has 1 aliphatic rings. The molecular weight excluding hydrogens is 136 g/mol. The monoisotopic (exact) mass is 158 g/mol. The van der Waals surface area contributed by atoms with Gasteiger partial charge in [0.25, 0.3) is 0 Å². The molecule has 1 N–H and O–H groups in total. The highest BCUT2D eigenvalue weighted by Gasteiger charge is 2.17. The van der Waals surface area contributed by atoms with Crippen LogP contribution in [-0.4, -0.2) is 11.7 Å². The van der Waals surface area contributed by atoms with Gasteiger partial charge < -0.3 is 5.11 Å². The van der Waals surface area contributed by atoms with Gasteiger partial charge in [-0.25, -0.2) is 0 Å². The van der Waals surface area contributed by atoms with Crippen LogP contribution in [0, 0.1) is 11.8 Å². The summed E-state index contributed by atoms with van der Waals surface area (Å²) in [6, 6.07) is 0. The lowest BCUT2D eigenvalue weighted by Gasteiger charge is -2.24. The Bertz CT molecular complexity index is 80.9. The summed E-state index contributed by atoms with van der Waals surface area (Å²) in [7, 11) is 0. The molecule has 68 valence electrons. The van der Waals surface area contributed by atoms with Gasteiger partial charge in [0.15, 0.2) is 0 Å². The smallest absolute Gasteiger partial charge is 0.0459 e. The molecule has 0 aromatic carbocycles. The summed E-state index contributed by atoms with van der Waals surface area (Å²) in [6.45, 7) is 6.69. The van der Waals surface area contributed by atoms with Gasteiger partial charge in [0.1, 0.15) is 0 Å². The van der Waals surface area contributed by atoms with Gasteiger partial charge in [-0.3, -0.25) is 0 Å². The Hall–Kier alpha value is -0.0400.